The Balaban J connectivity index is 2.52. The van der Waals surface area contributed by atoms with Gasteiger partial charge in [0.15, 0.2) is 5.96 Å². The van der Waals surface area contributed by atoms with E-state index in [4.69, 9.17) is 0 Å². The number of carbonyl (C=O) groups excluding carboxylic acids is 1. The number of nitrogens with one attached hydrogen (secondary N) is 3. The highest BCUT2D eigenvalue weighted by Crippen LogP contribution is 2.16. The smallest absolute Gasteiger partial charge is 0.227 e. The summed E-state index contributed by atoms with van der Waals surface area (Å²) in [5.41, 5.74) is -0.498. The fourth-order valence-electron chi connectivity index (χ4n) is 2.94. The first-order chi connectivity index (χ1) is 11.9. The molecule has 0 atom stereocenters. The Kier molecular flexibility index (Phi) is 9.86. The minimum atomic E-state index is -0.498. The predicted molar refractivity (Wildman–Crippen MR) is 106 cm³/mol. The summed E-state index contributed by atoms with van der Waals surface area (Å²) in [4.78, 5) is 19.4. The molecule has 25 heavy (non-hydrogen) atoms. The maximum absolute atomic E-state index is 12.1. The van der Waals surface area contributed by atoms with Crippen molar-refractivity contribution in [3.05, 3.63) is 0 Å². The number of piperidine rings is 1. The van der Waals surface area contributed by atoms with Crippen LogP contribution < -0.4 is 16.0 Å². The third-order valence-corrected chi connectivity index (χ3v) is 4.69. The molecule has 6 heteroatoms. The van der Waals surface area contributed by atoms with Gasteiger partial charge in [-0.25, -0.2) is 0 Å². The van der Waals surface area contributed by atoms with Crippen molar-refractivity contribution < 1.29 is 4.79 Å². The second-order valence-corrected chi connectivity index (χ2v) is 7.55. The normalized spacial score (nSPS) is 17.4. The average molecular weight is 354 g/mol. The molecule has 1 saturated heterocycles. The maximum atomic E-state index is 12.1. The van der Waals surface area contributed by atoms with Gasteiger partial charge in [0.2, 0.25) is 5.91 Å². The van der Waals surface area contributed by atoms with E-state index in [-0.39, 0.29) is 5.91 Å². The summed E-state index contributed by atoms with van der Waals surface area (Å²) in [7, 11) is 0. The predicted octanol–water partition coefficient (Wildman–Crippen LogP) is 1.97. The Morgan fingerprint density at radius 3 is 2.32 bits per heavy atom. The molecule has 0 saturated carbocycles. The van der Waals surface area contributed by atoms with Crippen LogP contribution >= 0.6 is 0 Å². The van der Waals surface area contributed by atoms with Gasteiger partial charge in [-0.3, -0.25) is 9.79 Å². The largest absolute Gasteiger partial charge is 0.357 e. The van der Waals surface area contributed by atoms with Crippen LogP contribution in [0.3, 0.4) is 0 Å². The van der Waals surface area contributed by atoms with Crippen LogP contribution in [0.2, 0.25) is 0 Å². The van der Waals surface area contributed by atoms with E-state index in [1.165, 1.54) is 19.4 Å². The molecular formula is C19H39N5O. The van der Waals surface area contributed by atoms with Gasteiger partial charge in [-0.05, 0) is 53.5 Å². The molecule has 1 aliphatic heterocycles. The molecule has 1 amide bonds. The molecule has 0 aromatic rings. The summed E-state index contributed by atoms with van der Waals surface area (Å²) in [5, 5.41) is 9.76. The van der Waals surface area contributed by atoms with Crippen LogP contribution in [0.5, 0.6) is 0 Å². The Morgan fingerprint density at radius 2 is 1.76 bits per heavy atom. The van der Waals surface area contributed by atoms with Crippen molar-refractivity contribution in [1.29, 1.82) is 0 Å². The van der Waals surface area contributed by atoms with Gasteiger partial charge in [-0.1, -0.05) is 13.3 Å². The molecule has 0 bridgehead atoms. The molecule has 1 heterocycles. The summed E-state index contributed by atoms with van der Waals surface area (Å²) < 4.78 is 0. The fraction of sp³-hybridized carbons (Fsp3) is 0.895. The molecule has 1 aliphatic rings. The zero-order valence-electron chi connectivity index (χ0n) is 17.0. The minimum Gasteiger partial charge on any atom is -0.357 e. The van der Waals surface area contributed by atoms with Crippen molar-refractivity contribution in [3.8, 4) is 0 Å². The molecule has 0 aromatic carbocycles. The highest BCUT2D eigenvalue weighted by molar-refractivity contribution is 5.83. The standard InChI is InChI=1S/C19H39N5O/c1-6-9-12-24-13-10-16(11-14-24)23-18(21-8-3)22-15-19(4,5)17(25)20-7-2/h16H,6-15H2,1-5H3,(H,20,25)(H2,21,22,23). The van der Waals surface area contributed by atoms with Crippen LogP contribution in [-0.4, -0.2) is 62.1 Å². The van der Waals surface area contributed by atoms with E-state index in [0.29, 0.717) is 19.1 Å². The monoisotopic (exact) mass is 353 g/mol. The Hall–Kier alpha value is -1.30. The fourth-order valence-corrected chi connectivity index (χ4v) is 2.94. The number of hydrogen-bond acceptors (Lipinski definition) is 3. The molecule has 0 radical (unpaired) electrons. The van der Waals surface area contributed by atoms with Crippen molar-refractivity contribution in [3.63, 3.8) is 0 Å². The van der Waals surface area contributed by atoms with Gasteiger partial charge in [0.25, 0.3) is 0 Å². The van der Waals surface area contributed by atoms with Gasteiger partial charge in [-0.2, -0.15) is 0 Å². The van der Waals surface area contributed by atoms with E-state index in [2.05, 4.69) is 39.7 Å². The van der Waals surface area contributed by atoms with Crippen molar-refractivity contribution in [2.45, 2.75) is 66.3 Å². The van der Waals surface area contributed by atoms with Crippen LogP contribution in [0.15, 0.2) is 4.99 Å². The third-order valence-electron chi connectivity index (χ3n) is 4.69. The Labute approximate surface area is 154 Å². The molecule has 146 valence electrons. The lowest BCUT2D eigenvalue weighted by Gasteiger charge is -2.33. The van der Waals surface area contributed by atoms with Gasteiger partial charge in [-0.15, -0.1) is 0 Å². The van der Waals surface area contributed by atoms with Gasteiger partial charge in [0.1, 0.15) is 0 Å². The zero-order chi connectivity index (χ0) is 18.7. The number of likely N-dealkylation sites (tertiary alicyclic amines) is 1. The van der Waals surface area contributed by atoms with Gasteiger partial charge in [0, 0.05) is 32.2 Å². The quantitative estimate of drug-likeness (QED) is 0.438. The van der Waals surface area contributed by atoms with Crippen LogP contribution in [0, 0.1) is 5.41 Å². The molecule has 3 N–H and O–H groups in total. The third kappa shape index (κ3) is 8.08. The lowest BCUT2D eigenvalue weighted by Crippen LogP contribution is -2.49. The number of amides is 1. The summed E-state index contributed by atoms with van der Waals surface area (Å²) >= 11 is 0. The first-order valence-corrected chi connectivity index (χ1v) is 9.98. The molecule has 1 fully saturated rings. The molecular weight excluding hydrogens is 314 g/mol. The lowest BCUT2D eigenvalue weighted by molar-refractivity contribution is -0.128. The van der Waals surface area contributed by atoms with E-state index >= 15 is 0 Å². The van der Waals surface area contributed by atoms with Crippen LogP contribution in [0.25, 0.3) is 0 Å². The number of rotatable bonds is 9. The number of guanidine groups is 1. The summed E-state index contributed by atoms with van der Waals surface area (Å²) in [6.07, 6.45) is 4.84. The second-order valence-electron chi connectivity index (χ2n) is 7.55. The number of carbonyl (C=O) groups is 1. The van der Waals surface area contributed by atoms with Crippen LogP contribution in [0.1, 0.15) is 60.3 Å². The topological polar surface area (TPSA) is 68.8 Å². The summed E-state index contributed by atoms with van der Waals surface area (Å²) in [6.45, 7) is 15.6. The molecule has 6 nitrogen and oxygen atoms in total. The van der Waals surface area contributed by atoms with E-state index in [1.807, 2.05) is 20.8 Å². The molecule has 0 aromatic heterocycles. The van der Waals surface area contributed by atoms with Crippen LogP contribution in [-0.2, 0) is 4.79 Å². The number of unbranched alkanes of at least 4 members (excludes halogenated alkanes) is 1. The number of aliphatic imine (C=N–C) groups is 1. The van der Waals surface area contributed by atoms with E-state index < -0.39 is 5.41 Å². The first kappa shape index (κ1) is 21.7. The maximum Gasteiger partial charge on any atom is 0.227 e. The zero-order valence-corrected chi connectivity index (χ0v) is 17.0. The van der Waals surface area contributed by atoms with E-state index in [9.17, 15) is 4.79 Å². The highest BCUT2D eigenvalue weighted by Gasteiger charge is 2.27. The second kappa shape index (κ2) is 11.3. The lowest BCUT2D eigenvalue weighted by atomic mass is 9.92. The van der Waals surface area contributed by atoms with Crippen molar-refractivity contribution in [2.24, 2.45) is 10.4 Å². The Morgan fingerprint density at radius 1 is 1.12 bits per heavy atom. The van der Waals surface area contributed by atoms with E-state index in [1.54, 1.807) is 0 Å². The molecule has 0 aliphatic carbocycles. The van der Waals surface area contributed by atoms with Crippen molar-refractivity contribution >= 4 is 11.9 Å². The first-order valence-electron chi connectivity index (χ1n) is 9.98. The highest BCUT2D eigenvalue weighted by atomic mass is 16.2. The van der Waals surface area contributed by atoms with Gasteiger partial charge in [0.05, 0.1) is 12.0 Å². The summed E-state index contributed by atoms with van der Waals surface area (Å²) in [6, 6.07) is 0.461. The van der Waals surface area contributed by atoms with Gasteiger partial charge >= 0.3 is 0 Å². The minimum absolute atomic E-state index is 0.0545. The SMILES string of the molecule is CCCCN1CCC(NC(=NCC(C)(C)C(=O)NCC)NCC)CC1. The average Bonchev–Trinajstić information content (AvgIpc) is 2.59. The number of hydrogen-bond donors (Lipinski definition) is 3. The molecule has 0 spiro atoms. The van der Waals surface area contributed by atoms with Crippen LogP contribution in [0.4, 0.5) is 0 Å². The van der Waals surface area contributed by atoms with E-state index in [0.717, 1.165) is 38.4 Å². The summed E-state index contributed by atoms with van der Waals surface area (Å²) in [5.74, 6) is 0.880. The number of nitrogens with zero attached hydrogens (tertiary/aromatic N) is 2. The molecule has 0 unspecified atom stereocenters. The van der Waals surface area contributed by atoms with Crippen molar-refractivity contribution in [1.82, 2.24) is 20.9 Å². The molecule has 1 rings (SSSR count). The Bertz CT molecular complexity index is 414. The van der Waals surface area contributed by atoms with Gasteiger partial charge < -0.3 is 20.9 Å². The van der Waals surface area contributed by atoms with Crippen molar-refractivity contribution in [2.75, 3.05) is 39.3 Å².